The molecule has 0 unspecified atom stereocenters. The normalized spacial score (nSPS) is 16.2. The molecule has 0 radical (unpaired) electrons. The first kappa shape index (κ1) is 19.2. The summed E-state index contributed by atoms with van der Waals surface area (Å²) in [6.45, 7) is 2.12. The summed E-state index contributed by atoms with van der Waals surface area (Å²) >= 11 is 0. The van der Waals surface area contributed by atoms with E-state index in [1.54, 1.807) is 0 Å². The molecule has 0 amide bonds. The number of hydrogen-bond acceptors (Lipinski definition) is 5. The lowest BCUT2D eigenvalue weighted by atomic mass is 10.2. The number of benzene rings is 2. The summed E-state index contributed by atoms with van der Waals surface area (Å²) in [5.41, 5.74) is 0.227. The van der Waals surface area contributed by atoms with Gasteiger partial charge >= 0.3 is 0 Å². The number of anilines is 2. The van der Waals surface area contributed by atoms with Crippen LogP contribution in [0.15, 0.2) is 47.4 Å². The van der Waals surface area contributed by atoms with Crippen molar-refractivity contribution >= 4 is 27.1 Å². The molecule has 3 rings (SSSR count). The molecule has 8 nitrogen and oxygen atoms in total. The molecular weight excluding hydrogens is 375 g/mol. The summed E-state index contributed by atoms with van der Waals surface area (Å²) in [5.74, 6) is -0.425. The van der Waals surface area contributed by atoms with Crippen LogP contribution in [0, 0.1) is 15.9 Å². The number of hydrogen-bond donors (Lipinski definition) is 2. The summed E-state index contributed by atoms with van der Waals surface area (Å²) in [6.07, 6.45) is 0. The fraction of sp³-hybridized carbons (Fsp3) is 0.294. The molecular formula is C17H20FN4O4S+. The fourth-order valence-corrected chi connectivity index (χ4v) is 4.34. The van der Waals surface area contributed by atoms with E-state index in [-0.39, 0.29) is 16.3 Å². The molecule has 0 aliphatic carbocycles. The number of nitro benzene ring substituents is 1. The molecule has 2 aromatic rings. The second-order valence-electron chi connectivity index (χ2n) is 6.43. The molecule has 1 aliphatic heterocycles. The van der Waals surface area contributed by atoms with Crippen molar-refractivity contribution in [3.05, 3.63) is 58.4 Å². The maximum atomic E-state index is 13.0. The highest BCUT2D eigenvalue weighted by molar-refractivity contribution is 7.89. The van der Waals surface area contributed by atoms with Gasteiger partial charge in [-0.05, 0) is 36.4 Å². The fourth-order valence-electron chi connectivity index (χ4n) is 2.87. The van der Waals surface area contributed by atoms with Gasteiger partial charge in [0.1, 0.15) is 11.5 Å². The minimum Gasteiger partial charge on any atom is -0.350 e. The van der Waals surface area contributed by atoms with Crippen LogP contribution in [0.4, 0.5) is 21.5 Å². The zero-order valence-corrected chi connectivity index (χ0v) is 15.5. The third-order valence-electron chi connectivity index (χ3n) is 4.50. The van der Waals surface area contributed by atoms with E-state index in [1.807, 2.05) is 7.05 Å². The van der Waals surface area contributed by atoms with E-state index in [0.717, 1.165) is 6.07 Å². The van der Waals surface area contributed by atoms with E-state index >= 15 is 0 Å². The molecule has 144 valence electrons. The highest BCUT2D eigenvalue weighted by Gasteiger charge is 2.31. The first-order chi connectivity index (χ1) is 12.8. The maximum Gasteiger partial charge on any atom is 0.294 e. The molecule has 0 aromatic heterocycles. The number of sulfonamides is 1. The third-order valence-corrected chi connectivity index (χ3v) is 6.40. The van der Waals surface area contributed by atoms with Crippen molar-refractivity contribution < 1.29 is 22.6 Å². The average molecular weight is 395 g/mol. The van der Waals surface area contributed by atoms with Crippen LogP contribution in [0.2, 0.25) is 0 Å². The predicted octanol–water partition coefficient (Wildman–Crippen LogP) is 0.996. The van der Waals surface area contributed by atoms with Crippen LogP contribution in [0.25, 0.3) is 0 Å². The minimum absolute atomic E-state index is 0.113. The first-order valence-corrected chi connectivity index (χ1v) is 9.84. The number of nitrogens with zero attached hydrogens (tertiary/aromatic N) is 2. The lowest BCUT2D eigenvalue weighted by Gasteiger charge is -2.29. The van der Waals surface area contributed by atoms with Gasteiger partial charge in [0, 0.05) is 11.8 Å². The van der Waals surface area contributed by atoms with Crippen LogP contribution in [-0.2, 0) is 10.0 Å². The van der Waals surface area contributed by atoms with E-state index in [0.29, 0.717) is 31.9 Å². The van der Waals surface area contributed by atoms with Crippen LogP contribution in [0.5, 0.6) is 0 Å². The van der Waals surface area contributed by atoms with Crippen LogP contribution in [-0.4, -0.2) is 50.9 Å². The second kappa shape index (κ2) is 7.59. The molecule has 27 heavy (non-hydrogen) atoms. The van der Waals surface area contributed by atoms with E-state index < -0.39 is 20.8 Å². The van der Waals surface area contributed by atoms with Crippen molar-refractivity contribution in [3.63, 3.8) is 0 Å². The van der Waals surface area contributed by atoms with Crippen LogP contribution >= 0.6 is 0 Å². The first-order valence-electron chi connectivity index (χ1n) is 8.40. The van der Waals surface area contributed by atoms with E-state index in [2.05, 4.69) is 5.32 Å². The minimum atomic E-state index is -3.80. The number of nitro groups is 1. The largest absolute Gasteiger partial charge is 0.350 e. The lowest BCUT2D eigenvalue weighted by molar-refractivity contribution is -0.883. The van der Waals surface area contributed by atoms with Crippen molar-refractivity contribution in [2.45, 2.75) is 4.90 Å². The van der Waals surface area contributed by atoms with Gasteiger partial charge in [-0.25, -0.2) is 12.8 Å². The molecule has 0 spiro atoms. The summed E-state index contributed by atoms with van der Waals surface area (Å²) in [6, 6.07) is 9.10. The molecule has 1 heterocycles. The van der Waals surface area contributed by atoms with Gasteiger partial charge in [-0.1, -0.05) is 0 Å². The molecule has 0 bridgehead atoms. The summed E-state index contributed by atoms with van der Waals surface area (Å²) in [5, 5.41) is 14.3. The quantitative estimate of drug-likeness (QED) is 0.582. The number of rotatable bonds is 5. The Bertz CT molecular complexity index is 942. The van der Waals surface area contributed by atoms with Crippen molar-refractivity contribution in [3.8, 4) is 0 Å². The van der Waals surface area contributed by atoms with Crippen molar-refractivity contribution in [1.29, 1.82) is 0 Å². The predicted molar refractivity (Wildman–Crippen MR) is 98.2 cm³/mol. The Hall–Kier alpha value is -2.56. The van der Waals surface area contributed by atoms with Gasteiger partial charge in [-0.15, -0.1) is 0 Å². The SMILES string of the molecule is C[NH+]1CCN(S(=O)(=O)c2ccc(Nc3ccc(F)cc3)c([N+](=O)[O-])c2)CC1. The smallest absolute Gasteiger partial charge is 0.294 e. The Kier molecular flexibility index (Phi) is 5.40. The van der Waals surface area contributed by atoms with E-state index in [4.69, 9.17) is 0 Å². The van der Waals surface area contributed by atoms with E-state index in [9.17, 15) is 22.9 Å². The highest BCUT2D eigenvalue weighted by Crippen LogP contribution is 2.31. The number of nitrogens with one attached hydrogen (secondary N) is 2. The van der Waals surface area contributed by atoms with Gasteiger partial charge in [0.25, 0.3) is 5.69 Å². The Morgan fingerprint density at radius 1 is 1.15 bits per heavy atom. The Morgan fingerprint density at radius 3 is 2.37 bits per heavy atom. The molecule has 0 saturated carbocycles. The summed E-state index contributed by atoms with van der Waals surface area (Å²) in [4.78, 5) is 11.9. The maximum absolute atomic E-state index is 13.0. The van der Waals surface area contributed by atoms with Gasteiger partial charge in [-0.3, -0.25) is 10.1 Å². The average Bonchev–Trinajstić information content (AvgIpc) is 2.64. The molecule has 10 heteroatoms. The molecule has 1 saturated heterocycles. The number of quaternary nitrogens is 1. The highest BCUT2D eigenvalue weighted by atomic mass is 32.2. The monoisotopic (exact) mass is 395 g/mol. The van der Waals surface area contributed by atoms with Gasteiger partial charge in [0.15, 0.2) is 0 Å². The Labute approximate surface area is 156 Å². The number of piperazine rings is 1. The van der Waals surface area contributed by atoms with Crippen LogP contribution in [0.3, 0.4) is 0 Å². The lowest BCUT2D eigenvalue weighted by Crippen LogP contribution is -3.12. The van der Waals surface area contributed by atoms with Crippen molar-refractivity contribution in [2.75, 3.05) is 38.5 Å². The van der Waals surface area contributed by atoms with Gasteiger partial charge in [0.05, 0.1) is 43.0 Å². The zero-order chi connectivity index (χ0) is 19.6. The van der Waals surface area contributed by atoms with Crippen molar-refractivity contribution in [1.82, 2.24) is 4.31 Å². The Morgan fingerprint density at radius 2 is 1.78 bits per heavy atom. The van der Waals surface area contributed by atoms with E-state index in [1.165, 1.54) is 45.6 Å². The van der Waals surface area contributed by atoms with Crippen LogP contribution in [0.1, 0.15) is 0 Å². The van der Waals surface area contributed by atoms with Gasteiger partial charge < -0.3 is 10.2 Å². The standard InChI is InChI=1S/C17H19FN4O4S/c1-20-8-10-21(11-9-20)27(25,26)15-6-7-16(17(12-15)22(23)24)19-14-4-2-13(18)3-5-14/h2-7,12,19H,8-11H2,1H3/p+1. The third kappa shape index (κ3) is 4.24. The number of halogens is 1. The van der Waals surface area contributed by atoms with Gasteiger partial charge in [-0.2, -0.15) is 4.31 Å². The van der Waals surface area contributed by atoms with Crippen LogP contribution < -0.4 is 10.2 Å². The zero-order valence-electron chi connectivity index (χ0n) is 14.7. The molecule has 2 aromatic carbocycles. The molecule has 0 atom stereocenters. The molecule has 2 N–H and O–H groups in total. The molecule has 1 fully saturated rings. The topological polar surface area (TPSA) is 97.0 Å². The molecule has 1 aliphatic rings. The summed E-state index contributed by atoms with van der Waals surface area (Å²) in [7, 11) is -1.81. The Balaban J connectivity index is 1.91. The number of likely N-dealkylation sites (N-methyl/N-ethyl adjacent to an activating group) is 1. The van der Waals surface area contributed by atoms with Gasteiger partial charge in [0.2, 0.25) is 10.0 Å². The van der Waals surface area contributed by atoms with Crippen molar-refractivity contribution in [2.24, 2.45) is 0 Å². The summed E-state index contributed by atoms with van der Waals surface area (Å²) < 4.78 is 40.0. The second-order valence-corrected chi connectivity index (χ2v) is 8.37.